The van der Waals surface area contributed by atoms with E-state index in [1.807, 2.05) is 4.90 Å². The maximum absolute atomic E-state index is 14.2. The van der Waals surface area contributed by atoms with Gasteiger partial charge in [-0.1, -0.05) is 6.07 Å². The molecule has 3 atom stereocenters. The quantitative estimate of drug-likeness (QED) is 0.912. The summed E-state index contributed by atoms with van der Waals surface area (Å²) in [7, 11) is 3.66. The Kier molecular flexibility index (Phi) is 5.47. The van der Waals surface area contributed by atoms with Gasteiger partial charge in [-0.15, -0.1) is 0 Å². The van der Waals surface area contributed by atoms with Gasteiger partial charge in [-0.25, -0.2) is 9.18 Å². The lowest BCUT2D eigenvalue weighted by Gasteiger charge is -2.46. The normalized spacial score (nSPS) is 25.2. The predicted octanol–water partition coefficient (Wildman–Crippen LogP) is 3.02. The molecular weight excluding hydrogens is 321 g/mol. The first-order chi connectivity index (χ1) is 12.0. The maximum atomic E-state index is 14.2. The number of amides is 2. The summed E-state index contributed by atoms with van der Waals surface area (Å²) in [5.41, 5.74) is 0.398. The number of carbonyl (C=O) groups excluding carboxylic acids is 1. The van der Waals surface area contributed by atoms with Crippen molar-refractivity contribution in [1.82, 2.24) is 15.1 Å². The number of hydrogen-bond acceptors (Lipinski definition) is 3. The number of nitrogens with one attached hydrogen (secondary N) is 1. The van der Waals surface area contributed by atoms with Gasteiger partial charge < -0.3 is 19.9 Å². The summed E-state index contributed by atoms with van der Waals surface area (Å²) in [6.45, 7) is 4.64. The van der Waals surface area contributed by atoms with E-state index >= 15 is 0 Å². The average molecular weight is 349 g/mol. The van der Waals surface area contributed by atoms with Gasteiger partial charge in [0.2, 0.25) is 0 Å². The largest absolute Gasteiger partial charge is 0.496 e. The van der Waals surface area contributed by atoms with Crippen LogP contribution in [0.15, 0.2) is 18.2 Å². The molecule has 3 rings (SSSR count). The molecule has 6 heteroatoms. The Labute approximate surface area is 149 Å². The molecule has 2 amide bonds. The number of halogens is 1. The zero-order valence-electron chi connectivity index (χ0n) is 15.3. The molecule has 0 aromatic heterocycles. The van der Waals surface area contributed by atoms with Crippen LogP contribution in [-0.4, -0.2) is 55.7 Å². The van der Waals surface area contributed by atoms with Crippen molar-refractivity contribution in [3.8, 4) is 5.75 Å². The lowest BCUT2D eigenvalue weighted by atomic mass is 9.84. The summed E-state index contributed by atoms with van der Waals surface area (Å²) < 4.78 is 19.5. The first-order valence-electron chi connectivity index (χ1n) is 9.09. The molecule has 1 aromatic carbocycles. The molecule has 25 heavy (non-hydrogen) atoms. The van der Waals surface area contributed by atoms with Crippen molar-refractivity contribution >= 4 is 6.03 Å². The molecule has 0 unspecified atom stereocenters. The molecule has 0 radical (unpaired) electrons. The molecule has 138 valence electrons. The van der Waals surface area contributed by atoms with Crippen LogP contribution in [0.4, 0.5) is 9.18 Å². The van der Waals surface area contributed by atoms with Crippen LogP contribution in [0.5, 0.6) is 5.75 Å². The van der Waals surface area contributed by atoms with Crippen molar-refractivity contribution in [3.63, 3.8) is 0 Å². The number of nitrogens with zero attached hydrogens (tertiary/aromatic N) is 2. The second kappa shape index (κ2) is 7.60. The van der Waals surface area contributed by atoms with Crippen LogP contribution in [-0.2, 0) is 0 Å². The van der Waals surface area contributed by atoms with Crippen molar-refractivity contribution < 1.29 is 13.9 Å². The van der Waals surface area contributed by atoms with Gasteiger partial charge in [0.15, 0.2) is 0 Å². The maximum Gasteiger partial charge on any atom is 0.318 e. The van der Waals surface area contributed by atoms with E-state index < -0.39 is 6.04 Å². The van der Waals surface area contributed by atoms with Crippen LogP contribution in [0.3, 0.4) is 0 Å². The van der Waals surface area contributed by atoms with Crippen LogP contribution in [0.25, 0.3) is 0 Å². The van der Waals surface area contributed by atoms with E-state index in [4.69, 9.17) is 4.74 Å². The number of piperidine rings is 2. The van der Waals surface area contributed by atoms with E-state index in [2.05, 4.69) is 17.3 Å². The number of methoxy groups -OCH3 is 1. The van der Waals surface area contributed by atoms with Gasteiger partial charge in [0.1, 0.15) is 11.6 Å². The Bertz CT molecular complexity index is 625. The van der Waals surface area contributed by atoms with E-state index in [0.717, 1.165) is 32.5 Å². The van der Waals surface area contributed by atoms with Crippen molar-refractivity contribution in [1.29, 1.82) is 0 Å². The van der Waals surface area contributed by atoms with Crippen molar-refractivity contribution in [2.45, 2.75) is 38.3 Å². The van der Waals surface area contributed by atoms with E-state index in [-0.39, 0.29) is 11.8 Å². The fourth-order valence-electron chi connectivity index (χ4n) is 4.29. The van der Waals surface area contributed by atoms with E-state index in [0.29, 0.717) is 23.3 Å². The van der Waals surface area contributed by atoms with Gasteiger partial charge >= 0.3 is 6.03 Å². The molecule has 1 N–H and O–H groups in total. The minimum Gasteiger partial charge on any atom is -0.496 e. The van der Waals surface area contributed by atoms with Gasteiger partial charge in [0.05, 0.1) is 18.7 Å². The Morgan fingerprint density at radius 1 is 1.36 bits per heavy atom. The number of hydrogen-bond donors (Lipinski definition) is 1. The highest BCUT2D eigenvalue weighted by molar-refractivity contribution is 5.75. The van der Waals surface area contributed by atoms with Gasteiger partial charge in [0, 0.05) is 19.1 Å². The second-order valence-corrected chi connectivity index (χ2v) is 7.24. The number of fused-ring (bicyclic) bond motifs is 1. The molecule has 1 aromatic rings. The number of urea groups is 1. The molecule has 2 heterocycles. The number of ether oxygens (including phenoxy) is 1. The molecule has 2 aliphatic heterocycles. The first kappa shape index (κ1) is 18.0. The third kappa shape index (κ3) is 3.73. The van der Waals surface area contributed by atoms with Crippen LogP contribution < -0.4 is 10.1 Å². The highest BCUT2D eigenvalue weighted by atomic mass is 19.1. The first-order valence-corrected chi connectivity index (χ1v) is 9.09. The third-order valence-electron chi connectivity index (χ3n) is 5.54. The molecule has 0 bridgehead atoms. The van der Waals surface area contributed by atoms with E-state index in [1.54, 1.807) is 19.1 Å². The van der Waals surface area contributed by atoms with E-state index in [9.17, 15) is 9.18 Å². The smallest absolute Gasteiger partial charge is 0.318 e. The van der Waals surface area contributed by atoms with Gasteiger partial charge in [-0.2, -0.15) is 0 Å². The molecule has 0 spiro atoms. The highest BCUT2D eigenvalue weighted by Crippen LogP contribution is 2.31. The minimum atomic E-state index is -0.449. The predicted molar refractivity (Wildman–Crippen MR) is 95.2 cm³/mol. The molecule has 2 aliphatic rings. The van der Waals surface area contributed by atoms with Crippen molar-refractivity contribution in [2.24, 2.45) is 5.92 Å². The van der Waals surface area contributed by atoms with Crippen LogP contribution in [0, 0.1) is 11.7 Å². The Morgan fingerprint density at radius 3 is 2.92 bits per heavy atom. The Balaban J connectivity index is 1.71. The standard InChI is InChI=1S/C19H28FN3O2/c1-13(18-15(20)7-4-8-17(18)25-3)21-19(24)23-10-5-6-14-12-22(2)11-9-16(14)23/h4,7-8,13-14,16H,5-6,9-12H2,1-3H3,(H,21,24)/t13-,14+,16-/m0/s1. The fourth-order valence-corrected chi connectivity index (χ4v) is 4.29. The summed E-state index contributed by atoms with van der Waals surface area (Å²) in [4.78, 5) is 17.2. The molecule has 2 saturated heterocycles. The van der Waals surface area contributed by atoms with Gasteiger partial charge in [-0.05, 0) is 57.8 Å². The average Bonchev–Trinajstić information content (AvgIpc) is 2.60. The molecule has 0 saturated carbocycles. The summed E-state index contributed by atoms with van der Waals surface area (Å²) in [5, 5.41) is 2.98. The van der Waals surface area contributed by atoms with Gasteiger partial charge in [-0.3, -0.25) is 0 Å². The third-order valence-corrected chi connectivity index (χ3v) is 5.54. The van der Waals surface area contributed by atoms with Crippen LogP contribution >= 0.6 is 0 Å². The summed E-state index contributed by atoms with van der Waals surface area (Å²) in [5.74, 6) is 0.642. The summed E-state index contributed by atoms with van der Waals surface area (Å²) in [6.07, 6.45) is 3.21. The molecule has 5 nitrogen and oxygen atoms in total. The van der Waals surface area contributed by atoms with Crippen molar-refractivity contribution in [2.75, 3.05) is 33.8 Å². The summed E-state index contributed by atoms with van der Waals surface area (Å²) in [6, 6.07) is 4.47. The number of rotatable bonds is 3. The number of carbonyl (C=O) groups is 1. The Morgan fingerprint density at radius 2 is 2.16 bits per heavy atom. The monoisotopic (exact) mass is 349 g/mol. The zero-order chi connectivity index (χ0) is 18.0. The molecular formula is C19H28FN3O2. The number of benzene rings is 1. The van der Waals surface area contributed by atoms with Crippen molar-refractivity contribution in [3.05, 3.63) is 29.6 Å². The SMILES string of the molecule is COc1cccc(F)c1[C@H](C)NC(=O)N1CCC[C@@H]2CN(C)CC[C@@H]21. The van der Waals surface area contributed by atoms with Gasteiger partial charge in [0.25, 0.3) is 0 Å². The summed E-state index contributed by atoms with van der Waals surface area (Å²) >= 11 is 0. The van der Waals surface area contributed by atoms with Crippen LogP contribution in [0.2, 0.25) is 0 Å². The fraction of sp³-hybridized carbons (Fsp3) is 0.632. The second-order valence-electron chi connectivity index (χ2n) is 7.24. The lowest BCUT2D eigenvalue weighted by molar-refractivity contribution is 0.0525. The molecule has 0 aliphatic carbocycles. The molecule has 2 fully saturated rings. The van der Waals surface area contributed by atoms with Crippen LogP contribution in [0.1, 0.15) is 37.8 Å². The number of likely N-dealkylation sites (tertiary alicyclic amines) is 2. The zero-order valence-corrected chi connectivity index (χ0v) is 15.3. The topological polar surface area (TPSA) is 44.8 Å². The lowest BCUT2D eigenvalue weighted by Crippen LogP contribution is -2.57. The van der Waals surface area contributed by atoms with E-state index in [1.165, 1.54) is 19.6 Å². The highest BCUT2D eigenvalue weighted by Gasteiger charge is 2.37. The Hall–Kier alpha value is -1.82. The minimum absolute atomic E-state index is 0.0999.